The second-order valence-electron chi connectivity index (χ2n) is 7.00. The van der Waals surface area contributed by atoms with Crippen LogP contribution in [0.25, 0.3) is 0 Å². The van der Waals surface area contributed by atoms with Crippen molar-refractivity contribution in [1.82, 2.24) is 14.9 Å². The van der Waals surface area contributed by atoms with Crippen molar-refractivity contribution in [3.8, 4) is 0 Å². The highest BCUT2D eigenvalue weighted by atomic mass is 32.2. The highest BCUT2D eigenvalue weighted by Crippen LogP contribution is 2.22. The van der Waals surface area contributed by atoms with Gasteiger partial charge in [-0.25, -0.2) is 9.97 Å². The molecule has 0 bridgehead atoms. The third kappa shape index (κ3) is 5.43. The third-order valence-corrected chi connectivity index (χ3v) is 5.01. The lowest BCUT2D eigenvalue weighted by Crippen LogP contribution is -2.40. The zero-order chi connectivity index (χ0) is 16.0. The molecule has 1 N–H and O–H groups in total. The van der Waals surface area contributed by atoms with Crippen molar-refractivity contribution in [2.24, 2.45) is 0 Å². The number of hydrogen-bond acceptors (Lipinski definition) is 5. The standard InChI is InChI=1S/C17H30N4S/c1-5-22-11-10-21-8-6-14(7-9-21)20-16-12-15(17(2,3)4)18-13-19-16/h12-14H,5-11H2,1-4H3,(H,18,19,20). The minimum atomic E-state index is 0.0691. The van der Waals surface area contributed by atoms with Gasteiger partial charge in [-0.05, 0) is 18.6 Å². The maximum atomic E-state index is 4.40. The van der Waals surface area contributed by atoms with Crippen LogP contribution in [0.4, 0.5) is 5.82 Å². The lowest BCUT2D eigenvalue weighted by Gasteiger charge is -2.32. The van der Waals surface area contributed by atoms with Gasteiger partial charge in [0, 0.05) is 42.9 Å². The van der Waals surface area contributed by atoms with Crippen LogP contribution in [-0.2, 0) is 5.41 Å². The van der Waals surface area contributed by atoms with E-state index in [0.717, 1.165) is 11.5 Å². The summed E-state index contributed by atoms with van der Waals surface area (Å²) in [5, 5.41) is 3.60. The first-order chi connectivity index (χ1) is 10.5. The Hall–Kier alpha value is -0.810. The van der Waals surface area contributed by atoms with Gasteiger partial charge in [-0.15, -0.1) is 0 Å². The second-order valence-corrected chi connectivity index (χ2v) is 8.39. The first-order valence-electron chi connectivity index (χ1n) is 8.38. The molecule has 0 unspecified atom stereocenters. The molecule has 1 aromatic rings. The van der Waals surface area contributed by atoms with Crippen LogP contribution < -0.4 is 5.32 Å². The minimum Gasteiger partial charge on any atom is -0.367 e. The number of piperidine rings is 1. The van der Waals surface area contributed by atoms with Gasteiger partial charge in [-0.3, -0.25) is 0 Å². The van der Waals surface area contributed by atoms with Gasteiger partial charge in [-0.2, -0.15) is 11.8 Å². The van der Waals surface area contributed by atoms with Gasteiger partial charge < -0.3 is 10.2 Å². The smallest absolute Gasteiger partial charge is 0.129 e. The van der Waals surface area contributed by atoms with Crippen LogP contribution in [0.5, 0.6) is 0 Å². The molecule has 1 saturated heterocycles. The van der Waals surface area contributed by atoms with Crippen LogP contribution in [0.15, 0.2) is 12.4 Å². The molecule has 1 aromatic heterocycles. The number of hydrogen-bond donors (Lipinski definition) is 1. The molecule has 1 fully saturated rings. The molecule has 0 aliphatic carbocycles. The predicted octanol–water partition coefficient (Wildman–Crippen LogP) is 3.40. The van der Waals surface area contributed by atoms with Crippen LogP contribution >= 0.6 is 11.8 Å². The topological polar surface area (TPSA) is 41.0 Å². The van der Waals surface area contributed by atoms with Crippen molar-refractivity contribution in [2.75, 3.05) is 36.5 Å². The summed E-state index contributed by atoms with van der Waals surface area (Å²) in [6.45, 7) is 12.4. The van der Waals surface area contributed by atoms with E-state index in [-0.39, 0.29) is 5.41 Å². The average Bonchev–Trinajstić information content (AvgIpc) is 2.49. The number of rotatable bonds is 6. The van der Waals surface area contributed by atoms with E-state index in [9.17, 15) is 0 Å². The number of likely N-dealkylation sites (tertiary alicyclic amines) is 1. The molecule has 4 nitrogen and oxygen atoms in total. The Morgan fingerprint density at radius 3 is 2.64 bits per heavy atom. The van der Waals surface area contributed by atoms with Gasteiger partial charge in [0.1, 0.15) is 12.1 Å². The molecule has 1 aliphatic rings. The first-order valence-corrected chi connectivity index (χ1v) is 9.53. The molecule has 2 rings (SSSR count). The summed E-state index contributed by atoms with van der Waals surface area (Å²) in [6.07, 6.45) is 4.08. The van der Waals surface area contributed by atoms with E-state index in [1.54, 1.807) is 6.33 Å². The number of anilines is 1. The minimum absolute atomic E-state index is 0.0691. The number of nitrogens with one attached hydrogen (secondary N) is 1. The van der Waals surface area contributed by atoms with Crippen molar-refractivity contribution in [1.29, 1.82) is 0 Å². The first kappa shape index (κ1) is 17.5. The van der Waals surface area contributed by atoms with Crippen LogP contribution in [-0.4, -0.2) is 52.0 Å². The van der Waals surface area contributed by atoms with E-state index in [2.05, 4.69) is 53.9 Å². The molecule has 0 spiro atoms. The zero-order valence-electron chi connectivity index (χ0n) is 14.4. The zero-order valence-corrected chi connectivity index (χ0v) is 15.2. The molecule has 5 heteroatoms. The monoisotopic (exact) mass is 322 g/mol. The molecule has 0 radical (unpaired) electrons. The highest BCUT2D eigenvalue weighted by molar-refractivity contribution is 7.99. The predicted molar refractivity (Wildman–Crippen MR) is 96.8 cm³/mol. The summed E-state index contributed by atoms with van der Waals surface area (Å²) in [6, 6.07) is 2.64. The van der Waals surface area contributed by atoms with Gasteiger partial charge in [0.05, 0.1) is 5.69 Å². The average molecular weight is 323 g/mol. The van der Waals surface area contributed by atoms with E-state index in [1.165, 1.54) is 44.0 Å². The number of aromatic nitrogens is 2. The Balaban J connectivity index is 1.81. The second kappa shape index (κ2) is 8.16. The van der Waals surface area contributed by atoms with Crippen LogP contribution in [0.1, 0.15) is 46.2 Å². The van der Waals surface area contributed by atoms with Crippen molar-refractivity contribution in [3.63, 3.8) is 0 Å². The maximum Gasteiger partial charge on any atom is 0.129 e. The fraction of sp³-hybridized carbons (Fsp3) is 0.765. The molecular weight excluding hydrogens is 292 g/mol. The molecule has 0 aromatic carbocycles. The summed E-state index contributed by atoms with van der Waals surface area (Å²) >= 11 is 2.03. The van der Waals surface area contributed by atoms with Gasteiger partial charge in [0.2, 0.25) is 0 Å². The van der Waals surface area contributed by atoms with Gasteiger partial charge >= 0.3 is 0 Å². The maximum absolute atomic E-state index is 4.40. The Labute approximate surface area is 139 Å². The fourth-order valence-electron chi connectivity index (χ4n) is 2.69. The molecular formula is C17H30N4S. The lowest BCUT2D eigenvalue weighted by atomic mass is 9.92. The summed E-state index contributed by atoms with van der Waals surface area (Å²) in [7, 11) is 0. The van der Waals surface area contributed by atoms with Crippen molar-refractivity contribution >= 4 is 17.6 Å². The van der Waals surface area contributed by atoms with E-state index >= 15 is 0 Å². The van der Waals surface area contributed by atoms with E-state index in [1.807, 2.05) is 11.8 Å². The Bertz CT molecular complexity index is 450. The Morgan fingerprint density at radius 2 is 2.00 bits per heavy atom. The lowest BCUT2D eigenvalue weighted by molar-refractivity contribution is 0.231. The molecule has 0 atom stereocenters. The SMILES string of the molecule is CCSCCN1CCC(Nc2cc(C(C)(C)C)ncn2)CC1. The van der Waals surface area contributed by atoms with E-state index < -0.39 is 0 Å². The highest BCUT2D eigenvalue weighted by Gasteiger charge is 2.20. The van der Waals surface area contributed by atoms with Crippen LogP contribution in [0, 0.1) is 0 Å². The van der Waals surface area contributed by atoms with Gasteiger partial charge in [0.25, 0.3) is 0 Å². The Morgan fingerprint density at radius 1 is 1.27 bits per heavy atom. The van der Waals surface area contributed by atoms with E-state index in [4.69, 9.17) is 0 Å². The molecule has 124 valence electrons. The molecule has 0 amide bonds. The van der Waals surface area contributed by atoms with Gasteiger partial charge in [-0.1, -0.05) is 27.7 Å². The summed E-state index contributed by atoms with van der Waals surface area (Å²) < 4.78 is 0. The van der Waals surface area contributed by atoms with E-state index in [0.29, 0.717) is 6.04 Å². The molecule has 0 saturated carbocycles. The third-order valence-electron chi connectivity index (χ3n) is 4.13. The summed E-state index contributed by atoms with van der Waals surface area (Å²) in [5.41, 5.74) is 1.17. The summed E-state index contributed by atoms with van der Waals surface area (Å²) in [5.74, 6) is 3.46. The normalized spacial score (nSPS) is 17.6. The fourth-order valence-corrected chi connectivity index (χ4v) is 3.37. The molecule has 22 heavy (non-hydrogen) atoms. The number of thioether (sulfide) groups is 1. The summed E-state index contributed by atoms with van der Waals surface area (Å²) in [4.78, 5) is 11.4. The molecule has 1 aliphatic heterocycles. The molecule has 2 heterocycles. The number of nitrogens with zero attached hydrogens (tertiary/aromatic N) is 3. The van der Waals surface area contributed by atoms with Crippen LogP contribution in [0.2, 0.25) is 0 Å². The van der Waals surface area contributed by atoms with Crippen LogP contribution in [0.3, 0.4) is 0 Å². The largest absolute Gasteiger partial charge is 0.367 e. The van der Waals surface area contributed by atoms with Crippen molar-refractivity contribution in [3.05, 3.63) is 18.1 Å². The van der Waals surface area contributed by atoms with Gasteiger partial charge in [0.15, 0.2) is 0 Å². The van der Waals surface area contributed by atoms with Crippen molar-refractivity contribution < 1.29 is 0 Å². The quantitative estimate of drug-likeness (QED) is 0.813. The Kier molecular flexibility index (Phi) is 6.50. The van der Waals surface area contributed by atoms with Crippen molar-refractivity contribution in [2.45, 2.75) is 52.0 Å².